The zero-order valence-electron chi connectivity index (χ0n) is 25.3. The molecule has 5 fully saturated rings. The van der Waals surface area contributed by atoms with Crippen molar-refractivity contribution >= 4 is 11.9 Å². The molecule has 6 rings (SSSR count). The molecule has 218 valence electrons. The molecule has 9 nitrogen and oxygen atoms in total. The highest BCUT2D eigenvalue weighted by Gasteiger charge is 2.55. The second kappa shape index (κ2) is 9.62. The van der Waals surface area contributed by atoms with E-state index in [-0.39, 0.29) is 17.0 Å². The lowest BCUT2D eigenvalue weighted by Gasteiger charge is -2.58. The van der Waals surface area contributed by atoms with Gasteiger partial charge in [-0.3, -0.25) is 14.5 Å². The molecule has 1 aliphatic carbocycles. The zero-order chi connectivity index (χ0) is 27.7. The van der Waals surface area contributed by atoms with Gasteiger partial charge in [0.2, 0.25) is 0 Å². The van der Waals surface area contributed by atoms with Crippen LogP contribution in [0, 0.1) is 18.3 Å². The molecule has 1 amide bonds. The molecule has 5 aliphatic rings. The van der Waals surface area contributed by atoms with E-state index in [0.717, 1.165) is 64.5 Å². The van der Waals surface area contributed by atoms with Gasteiger partial charge in [0.05, 0.1) is 18.8 Å². The molecule has 0 bridgehead atoms. The maximum atomic E-state index is 12.4. The Morgan fingerprint density at radius 2 is 1.90 bits per heavy atom. The molecule has 9 heteroatoms. The highest BCUT2D eigenvalue weighted by atomic mass is 16.6. The van der Waals surface area contributed by atoms with E-state index in [1.165, 1.54) is 25.1 Å². The Balaban J connectivity index is 1.02. The van der Waals surface area contributed by atoms with Crippen molar-refractivity contribution in [2.24, 2.45) is 11.3 Å². The van der Waals surface area contributed by atoms with Crippen molar-refractivity contribution in [2.75, 3.05) is 64.4 Å². The minimum absolute atomic E-state index is 0.0804. The quantitative estimate of drug-likeness (QED) is 0.574. The molecule has 0 N–H and O–H groups in total. The standard InChI is InChI=1S/C30H50N6O3/c1-21-12-26(31-36(21)23-14-30(15-23)19-34(20-30)27(37)39-28(2,3)4)35-9-8-22(13-29(35,5)6)16-33-17-24-25(18-33)38-11-10-32(24)7/h12,22-25H,8-11,13-20H2,1-7H3/t22-,24-,25+/m1/s1. The third-order valence-corrected chi connectivity index (χ3v) is 10.0. The van der Waals surface area contributed by atoms with Crippen LogP contribution in [0.1, 0.15) is 72.0 Å². The van der Waals surface area contributed by atoms with Gasteiger partial charge in [-0.05, 0) is 80.2 Å². The van der Waals surface area contributed by atoms with E-state index >= 15 is 0 Å². The summed E-state index contributed by atoms with van der Waals surface area (Å²) < 4.78 is 13.9. The molecule has 1 spiro atoms. The number of hydrogen-bond acceptors (Lipinski definition) is 7. The third-order valence-electron chi connectivity index (χ3n) is 10.0. The first kappa shape index (κ1) is 27.3. The molecule has 4 saturated heterocycles. The van der Waals surface area contributed by atoms with Crippen molar-refractivity contribution in [3.8, 4) is 0 Å². The summed E-state index contributed by atoms with van der Waals surface area (Å²) >= 11 is 0. The number of fused-ring (bicyclic) bond motifs is 1. The maximum absolute atomic E-state index is 12.4. The van der Waals surface area contributed by atoms with E-state index in [2.05, 4.69) is 53.3 Å². The summed E-state index contributed by atoms with van der Waals surface area (Å²) in [7, 11) is 2.25. The minimum atomic E-state index is -0.439. The highest BCUT2D eigenvalue weighted by Crippen LogP contribution is 2.54. The van der Waals surface area contributed by atoms with Crippen molar-refractivity contribution < 1.29 is 14.3 Å². The van der Waals surface area contributed by atoms with Gasteiger partial charge in [0, 0.05) is 74.6 Å². The lowest BCUT2D eigenvalue weighted by Crippen LogP contribution is -2.64. The summed E-state index contributed by atoms with van der Waals surface area (Å²) in [5.74, 6) is 1.84. The van der Waals surface area contributed by atoms with Crippen LogP contribution < -0.4 is 4.90 Å². The molecule has 39 heavy (non-hydrogen) atoms. The van der Waals surface area contributed by atoms with E-state index in [9.17, 15) is 4.79 Å². The number of hydrogen-bond donors (Lipinski definition) is 0. The number of anilines is 1. The number of amides is 1. The number of morpholine rings is 1. The molecule has 1 aromatic heterocycles. The van der Waals surface area contributed by atoms with Gasteiger partial charge in [0.15, 0.2) is 5.82 Å². The number of likely N-dealkylation sites (N-methyl/N-ethyl adjacent to an activating group) is 1. The summed E-state index contributed by atoms with van der Waals surface area (Å²) in [6.07, 6.45) is 4.80. The molecule has 5 heterocycles. The summed E-state index contributed by atoms with van der Waals surface area (Å²) in [5.41, 5.74) is 1.14. The Morgan fingerprint density at radius 1 is 1.15 bits per heavy atom. The van der Waals surface area contributed by atoms with Gasteiger partial charge in [-0.2, -0.15) is 5.10 Å². The van der Waals surface area contributed by atoms with E-state index in [1.54, 1.807) is 0 Å². The minimum Gasteiger partial charge on any atom is -0.444 e. The van der Waals surface area contributed by atoms with Gasteiger partial charge in [0.1, 0.15) is 5.60 Å². The Morgan fingerprint density at radius 3 is 2.56 bits per heavy atom. The number of rotatable bonds is 4. The number of aryl methyl sites for hydroxylation is 1. The van der Waals surface area contributed by atoms with Crippen LogP contribution in [-0.4, -0.2) is 113 Å². The smallest absolute Gasteiger partial charge is 0.410 e. The maximum Gasteiger partial charge on any atom is 0.410 e. The van der Waals surface area contributed by atoms with Crippen LogP contribution in [0.2, 0.25) is 0 Å². The first-order chi connectivity index (χ1) is 18.3. The average molecular weight is 543 g/mol. The van der Waals surface area contributed by atoms with Crippen LogP contribution in [0.4, 0.5) is 10.6 Å². The predicted octanol–water partition coefficient (Wildman–Crippen LogP) is 3.77. The van der Waals surface area contributed by atoms with Gasteiger partial charge < -0.3 is 19.3 Å². The lowest BCUT2D eigenvalue weighted by atomic mass is 9.61. The number of likely N-dealkylation sites (tertiary alicyclic amines) is 2. The highest BCUT2D eigenvalue weighted by molar-refractivity contribution is 5.69. The second-order valence-corrected chi connectivity index (χ2v) is 15.0. The largest absolute Gasteiger partial charge is 0.444 e. The molecular formula is C30H50N6O3. The first-order valence-corrected chi connectivity index (χ1v) is 15.2. The Hall–Kier alpha value is -1.84. The number of aromatic nitrogens is 2. The van der Waals surface area contributed by atoms with Crippen LogP contribution in [0.5, 0.6) is 0 Å². The van der Waals surface area contributed by atoms with Crippen molar-refractivity contribution in [2.45, 2.75) is 96.6 Å². The van der Waals surface area contributed by atoms with E-state index < -0.39 is 5.60 Å². The fourth-order valence-corrected chi connectivity index (χ4v) is 8.12. The van der Waals surface area contributed by atoms with Crippen molar-refractivity contribution in [1.82, 2.24) is 24.5 Å². The number of carbonyl (C=O) groups is 1. The van der Waals surface area contributed by atoms with Crippen LogP contribution in [-0.2, 0) is 9.47 Å². The Labute approximate surface area is 234 Å². The molecule has 0 radical (unpaired) electrons. The summed E-state index contributed by atoms with van der Waals surface area (Å²) in [6.45, 7) is 20.8. The van der Waals surface area contributed by atoms with Crippen molar-refractivity contribution in [3.63, 3.8) is 0 Å². The first-order valence-electron chi connectivity index (χ1n) is 15.2. The Bertz CT molecular complexity index is 1070. The van der Waals surface area contributed by atoms with E-state index in [1.807, 2.05) is 25.7 Å². The van der Waals surface area contributed by atoms with Gasteiger partial charge in [-0.25, -0.2) is 4.79 Å². The van der Waals surface area contributed by atoms with Crippen LogP contribution in [0.25, 0.3) is 0 Å². The molecule has 1 saturated carbocycles. The topological polar surface area (TPSA) is 66.3 Å². The van der Waals surface area contributed by atoms with Gasteiger partial charge in [-0.15, -0.1) is 0 Å². The van der Waals surface area contributed by atoms with Crippen molar-refractivity contribution in [1.29, 1.82) is 0 Å². The predicted molar refractivity (Wildman–Crippen MR) is 152 cm³/mol. The van der Waals surface area contributed by atoms with Crippen LogP contribution >= 0.6 is 0 Å². The molecule has 0 aromatic carbocycles. The Kier molecular flexibility index (Phi) is 6.74. The normalized spacial score (nSPS) is 31.2. The third kappa shape index (κ3) is 5.31. The number of carbonyl (C=O) groups excluding carboxylic acids is 1. The lowest BCUT2D eigenvalue weighted by molar-refractivity contribution is -0.0930. The van der Waals surface area contributed by atoms with E-state index in [0.29, 0.717) is 24.1 Å². The number of ether oxygens (including phenoxy) is 2. The number of nitrogens with zero attached hydrogens (tertiary/aromatic N) is 6. The van der Waals surface area contributed by atoms with E-state index in [4.69, 9.17) is 14.6 Å². The summed E-state index contributed by atoms with van der Waals surface area (Å²) in [4.78, 5) is 21.9. The van der Waals surface area contributed by atoms with Gasteiger partial charge in [-0.1, -0.05) is 0 Å². The summed E-state index contributed by atoms with van der Waals surface area (Å²) in [5, 5.41) is 5.17. The molecule has 3 atom stereocenters. The van der Waals surface area contributed by atoms with Gasteiger partial charge >= 0.3 is 6.09 Å². The molecular weight excluding hydrogens is 492 g/mol. The van der Waals surface area contributed by atoms with Crippen molar-refractivity contribution in [3.05, 3.63) is 11.8 Å². The second-order valence-electron chi connectivity index (χ2n) is 15.0. The molecule has 4 aliphatic heterocycles. The molecule has 0 unspecified atom stereocenters. The fraction of sp³-hybridized carbons (Fsp3) is 0.867. The molecule has 1 aromatic rings. The van der Waals surface area contributed by atoms with Crippen LogP contribution in [0.15, 0.2) is 6.07 Å². The number of piperidine rings is 1. The fourth-order valence-electron chi connectivity index (χ4n) is 8.12. The van der Waals surface area contributed by atoms with Gasteiger partial charge in [0.25, 0.3) is 0 Å². The van der Waals surface area contributed by atoms with Crippen LogP contribution in [0.3, 0.4) is 0 Å². The monoisotopic (exact) mass is 542 g/mol. The zero-order valence-corrected chi connectivity index (χ0v) is 25.3. The average Bonchev–Trinajstić information content (AvgIpc) is 3.34. The summed E-state index contributed by atoms with van der Waals surface area (Å²) in [6, 6.07) is 3.28. The SMILES string of the molecule is Cc1cc(N2CC[C@@H](CN3C[C@@H]4OCCN(C)[C@@H]4C3)CC2(C)C)nn1C1CC2(C1)CN(C(=O)OC(C)(C)C)C2.